The van der Waals surface area contributed by atoms with Gasteiger partial charge < -0.3 is 5.11 Å². The second kappa shape index (κ2) is 5.88. The third-order valence-corrected chi connectivity index (χ3v) is 5.73. The Morgan fingerprint density at radius 3 is 2.32 bits per heavy atom. The van der Waals surface area contributed by atoms with Crippen molar-refractivity contribution in [2.24, 2.45) is 0 Å². The number of carbonyl (C=O) groups is 1. The van der Waals surface area contributed by atoms with Crippen LogP contribution in [0.25, 0.3) is 0 Å². The molecule has 0 saturated carbocycles. The van der Waals surface area contributed by atoms with Crippen molar-refractivity contribution in [3.63, 3.8) is 0 Å². The summed E-state index contributed by atoms with van der Waals surface area (Å²) in [5.41, 5.74) is -0.550. The zero-order valence-corrected chi connectivity index (χ0v) is 12.1. The predicted molar refractivity (Wildman–Crippen MR) is 69.9 cm³/mol. The summed E-state index contributed by atoms with van der Waals surface area (Å²) in [5, 5.41) is 7.63. The maximum Gasteiger partial charge on any atom is 0.337 e. The number of rotatable bonds is 5. The number of hydrogen-bond acceptors (Lipinski definition) is 3. The zero-order valence-electron chi connectivity index (χ0n) is 10.5. The highest BCUT2D eigenvalue weighted by Gasteiger charge is 2.27. The molecule has 19 heavy (non-hydrogen) atoms. The van der Waals surface area contributed by atoms with Crippen LogP contribution in [-0.4, -0.2) is 24.7 Å². The molecule has 0 bridgehead atoms. The molecule has 4 nitrogen and oxygen atoms in total. The predicted octanol–water partition coefficient (Wildman–Crippen LogP) is 3.14. The number of carboxylic acids is 1. The van der Waals surface area contributed by atoms with E-state index in [4.69, 9.17) is 16.7 Å². The molecule has 0 amide bonds. The maximum atomic E-state index is 13.5. The van der Waals surface area contributed by atoms with Gasteiger partial charge in [0.1, 0.15) is 5.82 Å². The summed E-state index contributed by atoms with van der Waals surface area (Å²) in [6, 6.07) is 1.67. The van der Waals surface area contributed by atoms with E-state index >= 15 is 0 Å². The van der Waals surface area contributed by atoms with E-state index in [-0.39, 0.29) is 4.90 Å². The zero-order chi connectivity index (χ0) is 14.8. The molecule has 1 rings (SSSR count). The van der Waals surface area contributed by atoms with Crippen molar-refractivity contribution in [3.8, 4) is 0 Å². The lowest BCUT2D eigenvalue weighted by Gasteiger charge is -2.14. The number of benzene rings is 1. The first-order chi connectivity index (χ1) is 8.75. The molecule has 0 aliphatic rings. The van der Waals surface area contributed by atoms with Gasteiger partial charge in [0.15, 0.2) is 9.84 Å². The van der Waals surface area contributed by atoms with E-state index in [1.54, 1.807) is 13.8 Å². The monoisotopic (exact) mass is 308 g/mol. The van der Waals surface area contributed by atoms with Gasteiger partial charge in [-0.3, -0.25) is 0 Å². The van der Waals surface area contributed by atoms with Crippen molar-refractivity contribution >= 4 is 27.4 Å². The van der Waals surface area contributed by atoms with Gasteiger partial charge in [0.25, 0.3) is 0 Å². The molecule has 106 valence electrons. The molecule has 1 aromatic carbocycles. The van der Waals surface area contributed by atoms with Crippen molar-refractivity contribution in [3.05, 3.63) is 28.5 Å². The number of carboxylic acid groups (broad SMARTS) is 1. The molecule has 0 radical (unpaired) electrons. The molecule has 0 aliphatic carbocycles. The van der Waals surface area contributed by atoms with E-state index in [9.17, 15) is 17.6 Å². The highest BCUT2D eigenvalue weighted by Crippen LogP contribution is 2.28. The Labute approximate surface area is 116 Å². The smallest absolute Gasteiger partial charge is 0.337 e. The summed E-state index contributed by atoms with van der Waals surface area (Å²) in [6.07, 6.45) is 0.733. The summed E-state index contributed by atoms with van der Waals surface area (Å²) >= 11 is 5.51. The molecule has 7 heteroatoms. The van der Waals surface area contributed by atoms with Crippen LogP contribution < -0.4 is 0 Å². The first kappa shape index (κ1) is 15.9. The Bertz CT molecular complexity index is 594. The molecule has 0 aliphatic heterocycles. The maximum absolute atomic E-state index is 13.5. The van der Waals surface area contributed by atoms with E-state index in [2.05, 4.69) is 0 Å². The van der Waals surface area contributed by atoms with Crippen LogP contribution in [0.3, 0.4) is 0 Å². The molecule has 0 fully saturated rings. The fourth-order valence-electron chi connectivity index (χ4n) is 1.80. The van der Waals surface area contributed by atoms with Crippen molar-refractivity contribution in [1.29, 1.82) is 0 Å². The Morgan fingerprint density at radius 2 is 1.89 bits per heavy atom. The van der Waals surface area contributed by atoms with Gasteiger partial charge in [-0.05, 0) is 25.0 Å². The SMILES string of the molecule is CCC(CC)S(=O)(=O)c1cc(F)c(Cl)c(C(=O)O)c1. The number of halogens is 2. The van der Waals surface area contributed by atoms with Crippen LogP contribution in [0.15, 0.2) is 17.0 Å². The molecule has 0 atom stereocenters. The average molecular weight is 309 g/mol. The van der Waals surface area contributed by atoms with Gasteiger partial charge >= 0.3 is 5.97 Å². The highest BCUT2D eigenvalue weighted by molar-refractivity contribution is 7.92. The number of aromatic carboxylic acids is 1. The van der Waals surface area contributed by atoms with E-state index in [1.807, 2.05) is 0 Å². The average Bonchev–Trinajstić information content (AvgIpc) is 2.33. The van der Waals surface area contributed by atoms with Crippen LogP contribution in [0.1, 0.15) is 37.0 Å². The normalized spacial score (nSPS) is 11.8. The van der Waals surface area contributed by atoms with Crippen LogP contribution >= 0.6 is 11.6 Å². The lowest BCUT2D eigenvalue weighted by Crippen LogP contribution is -2.20. The summed E-state index contributed by atoms with van der Waals surface area (Å²) in [7, 11) is -3.76. The molecule has 1 aromatic rings. The fraction of sp³-hybridized carbons (Fsp3) is 0.417. The first-order valence-electron chi connectivity index (χ1n) is 5.71. The molecule has 0 saturated heterocycles. The third kappa shape index (κ3) is 3.06. The van der Waals surface area contributed by atoms with Gasteiger partial charge in [-0.15, -0.1) is 0 Å². The van der Waals surface area contributed by atoms with Crippen molar-refractivity contribution < 1.29 is 22.7 Å². The van der Waals surface area contributed by atoms with Crippen LogP contribution in [0, 0.1) is 5.82 Å². The number of hydrogen-bond donors (Lipinski definition) is 1. The van der Waals surface area contributed by atoms with Gasteiger partial charge in [0.2, 0.25) is 0 Å². The Hall–Kier alpha value is -1.14. The third-order valence-electron chi connectivity index (χ3n) is 2.91. The summed E-state index contributed by atoms with van der Waals surface area (Å²) < 4.78 is 38.0. The van der Waals surface area contributed by atoms with Crippen LogP contribution in [-0.2, 0) is 9.84 Å². The molecule has 0 spiro atoms. The largest absolute Gasteiger partial charge is 0.478 e. The van der Waals surface area contributed by atoms with E-state index < -0.39 is 37.5 Å². The molecular formula is C12H14ClFO4S. The second-order valence-corrected chi connectivity index (χ2v) is 6.66. The van der Waals surface area contributed by atoms with Gasteiger partial charge in [-0.25, -0.2) is 17.6 Å². The fourth-order valence-corrected chi connectivity index (χ4v) is 3.81. The molecular weight excluding hydrogens is 295 g/mol. The molecule has 0 unspecified atom stereocenters. The quantitative estimate of drug-likeness (QED) is 0.907. The first-order valence-corrected chi connectivity index (χ1v) is 7.64. The van der Waals surface area contributed by atoms with Gasteiger partial charge in [-0.2, -0.15) is 0 Å². The summed E-state index contributed by atoms with van der Waals surface area (Å²) in [5.74, 6) is -2.52. The van der Waals surface area contributed by atoms with E-state index in [0.29, 0.717) is 12.8 Å². The van der Waals surface area contributed by atoms with Crippen molar-refractivity contribution in [2.75, 3.05) is 0 Å². The van der Waals surface area contributed by atoms with E-state index in [0.717, 1.165) is 12.1 Å². The standard InChI is InChI=1S/C12H14ClFO4S/c1-3-7(4-2)19(17,18)8-5-9(12(15)16)11(13)10(14)6-8/h5-7H,3-4H2,1-2H3,(H,15,16). The van der Waals surface area contributed by atoms with Gasteiger partial charge in [-0.1, -0.05) is 25.4 Å². The minimum Gasteiger partial charge on any atom is -0.478 e. The van der Waals surface area contributed by atoms with Crippen molar-refractivity contribution in [1.82, 2.24) is 0 Å². The van der Waals surface area contributed by atoms with Crippen LogP contribution in [0.4, 0.5) is 4.39 Å². The van der Waals surface area contributed by atoms with Crippen LogP contribution in [0.5, 0.6) is 0 Å². The number of sulfone groups is 1. The Balaban J connectivity index is 3.49. The van der Waals surface area contributed by atoms with Crippen LogP contribution in [0.2, 0.25) is 5.02 Å². The highest BCUT2D eigenvalue weighted by atomic mass is 35.5. The Morgan fingerprint density at radius 1 is 1.37 bits per heavy atom. The summed E-state index contributed by atoms with van der Waals surface area (Å²) in [4.78, 5) is 10.6. The lowest BCUT2D eigenvalue weighted by atomic mass is 10.2. The Kier molecular flexibility index (Phi) is 4.92. The van der Waals surface area contributed by atoms with Gasteiger partial charge in [0, 0.05) is 0 Å². The minimum absolute atomic E-state index is 0.347. The molecule has 1 N–H and O–H groups in total. The van der Waals surface area contributed by atoms with Gasteiger partial charge in [0.05, 0.1) is 20.7 Å². The summed E-state index contributed by atoms with van der Waals surface area (Å²) in [6.45, 7) is 3.41. The second-order valence-electron chi connectivity index (χ2n) is 4.06. The lowest BCUT2D eigenvalue weighted by molar-refractivity contribution is 0.0696. The van der Waals surface area contributed by atoms with Crippen molar-refractivity contribution in [2.45, 2.75) is 36.8 Å². The minimum atomic E-state index is -3.76. The molecule has 0 aromatic heterocycles. The van der Waals surface area contributed by atoms with E-state index in [1.165, 1.54) is 0 Å². The topological polar surface area (TPSA) is 71.4 Å². The molecule has 0 heterocycles.